The maximum Gasteiger partial charge on any atom is 0.326 e. The van der Waals surface area contributed by atoms with Gasteiger partial charge in [-0.05, 0) is 22.5 Å². The molecule has 0 unspecified atom stereocenters. The van der Waals surface area contributed by atoms with Crippen molar-refractivity contribution in [2.24, 2.45) is 0 Å². The second-order valence-corrected chi connectivity index (χ2v) is 7.06. The summed E-state index contributed by atoms with van der Waals surface area (Å²) >= 11 is 3.16. The van der Waals surface area contributed by atoms with E-state index in [9.17, 15) is 14.7 Å². The second-order valence-electron chi connectivity index (χ2n) is 5.94. The van der Waals surface area contributed by atoms with Crippen molar-refractivity contribution in [3.05, 3.63) is 82.9 Å². The van der Waals surface area contributed by atoms with Gasteiger partial charge in [-0.2, -0.15) is 0 Å². The Hall–Kier alpha value is -2.40. The number of amides is 1. The van der Waals surface area contributed by atoms with E-state index in [1.54, 1.807) is 6.92 Å². The third-order valence-electron chi connectivity index (χ3n) is 4.19. The monoisotopic (exact) mass is 401 g/mol. The van der Waals surface area contributed by atoms with E-state index in [4.69, 9.17) is 0 Å². The van der Waals surface area contributed by atoms with Crippen LogP contribution in [-0.2, 0) is 15.0 Å². The second kappa shape index (κ2) is 8.12. The lowest BCUT2D eigenvalue weighted by Crippen LogP contribution is -2.50. The Labute approximate surface area is 155 Å². The summed E-state index contributed by atoms with van der Waals surface area (Å²) in [4.78, 5) is 24.6. The van der Waals surface area contributed by atoms with Crippen molar-refractivity contribution in [2.75, 3.05) is 0 Å². The minimum atomic E-state index is -1.10. The van der Waals surface area contributed by atoms with Gasteiger partial charge in [0.1, 0.15) is 6.04 Å². The zero-order valence-corrected chi connectivity index (χ0v) is 15.5. The number of carboxylic acids is 1. The number of rotatable bonds is 7. The molecule has 0 saturated carbocycles. The standard InChI is InChI=1S/C20H20BrNO3/c1-14(21)13-17(18(23)24)22-19(25)20(2,15-9-5-3-6-10-15)16-11-7-4-8-12-16/h3-12,17H,1,13H2,2H3,(H,22,25)(H,23,24)/t17-/m1/s1. The first-order chi connectivity index (χ1) is 11.9. The van der Waals surface area contributed by atoms with Crippen molar-refractivity contribution in [2.45, 2.75) is 24.8 Å². The molecule has 0 radical (unpaired) electrons. The SMILES string of the molecule is C=C(Br)C[C@@H](NC(=O)C(C)(c1ccccc1)c1ccccc1)C(=O)O. The first-order valence-corrected chi connectivity index (χ1v) is 8.63. The van der Waals surface area contributed by atoms with Crippen molar-refractivity contribution >= 4 is 27.8 Å². The van der Waals surface area contributed by atoms with Gasteiger partial charge in [-0.3, -0.25) is 4.79 Å². The summed E-state index contributed by atoms with van der Waals surface area (Å²) in [7, 11) is 0. The minimum Gasteiger partial charge on any atom is -0.480 e. The van der Waals surface area contributed by atoms with Crippen molar-refractivity contribution in [3.8, 4) is 0 Å². The van der Waals surface area contributed by atoms with Gasteiger partial charge in [-0.25, -0.2) is 4.79 Å². The van der Waals surface area contributed by atoms with Crippen molar-refractivity contribution in [1.82, 2.24) is 5.32 Å². The van der Waals surface area contributed by atoms with Crippen molar-refractivity contribution in [1.29, 1.82) is 0 Å². The zero-order chi connectivity index (χ0) is 18.4. The highest BCUT2D eigenvalue weighted by molar-refractivity contribution is 9.11. The lowest BCUT2D eigenvalue weighted by molar-refractivity contribution is -0.142. The Balaban J connectivity index is 2.44. The molecule has 0 aliphatic rings. The predicted molar refractivity (Wildman–Crippen MR) is 102 cm³/mol. The molecule has 0 bridgehead atoms. The molecule has 25 heavy (non-hydrogen) atoms. The Morgan fingerprint density at radius 2 is 1.52 bits per heavy atom. The van der Waals surface area contributed by atoms with Crippen LogP contribution < -0.4 is 5.32 Å². The molecule has 0 aromatic heterocycles. The number of hydrogen-bond donors (Lipinski definition) is 2. The fourth-order valence-corrected chi connectivity index (χ4v) is 3.02. The maximum atomic E-state index is 13.1. The predicted octanol–water partition coefficient (Wildman–Crippen LogP) is 3.86. The van der Waals surface area contributed by atoms with E-state index in [-0.39, 0.29) is 12.3 Å². The van der Waals surface area contributed by atoms with E-state index in [1.165, 1.54) is 0 Å². The van der Waals surface area contributed by atoms with Gasteiger partial charge in [0.2, 0.25) is 5.91 Å². The number of nitrogens with one attached hydrogen (secondary N) is 1. The van der Waals surface area contributed by atoms with Crippen LogP contribution in [0.25, 0.3) is 0 Å². The summed E-state index contributed by atoms with van der Waals surface area (Å²) in [6.07, 6.45) is 0.112. The van der Waals surface area contributed by atoms with Gasteiger partial charge in [0.25, 0.3) is 0 Å². The van der Waals surface area contributed by atoms with E-state index < -0.39 is 17.4 Å². The van der Waals surface area contributed by atoms with Crippen LogP contribution >= 0.6 is 15.9 Å². The number of carbonyl (C=O) groups excluding carboxylic acids is 1. The zero-order valence-electron chi connectivity index (χ0n) is 13.9. The summed E-state index contributed by atoms with van der Waals surface area (Å²) in [6, 6.07) is 17.6. The molecule has 4 nitrogen and oxygen atoms in total. The molecule has 1 atom stereocenters. The molecule has 2 N–H and O–H groups in total. The highest BCUT2D eigenvalue weighted by Crippen LogP contribution is 2.32. The molecule has 0 aliphatic carbocycles. The van der Waals surface area contributed by atoms with Crippen LogP contribution in [0.5, 0.6) is 0 Å². The van der Waals surface area contributed by atoms with Crippen LogP contribution in [0.1, 0.15) is 24.5 Å². The smallest absolute Gasteiger partial charge is 0.326 e. The topological polar surface area (TPSA) is 66.4 Å². The van der Waals surface area contributed by atoms with Crippen LogP contribution in [0.3, 0.4) is 0 Å². The number of hydrogen-bond acceptors (Lipinski definition) is 2. The van der Waals surface area contributed by atoms with E-state index >= 15 is 0 Å². The summed E-state index contributed by atoms with van der Waals surface area (Å²) < 4.78 is 0.515. The maximum absolute atomic E-state index is 13.1. The molecule has 0 heterocycles. The average Bonchev–Trinajstić information content (AvgIpc) is 2.61. The van der Waals surface area contributed by atoms with Gasteiger partial charge in [-0.1, -0.05) is 83.2 Å². The van der Waals surface area contributed by atoms with Crippen LogP contribution in [-0.4, -0.2) is 23.0 Å². The van der Waals surface area contributed by atoms with E-state index in [2.05, 4.69) is 27.8 Å². The fourth-order valence-electron chi connectivity index (χ4n) is 2.70. The third-order valence-corrected chi connectivity index (χ3v) is 4.51. The van der Waals surface area contributed by atoms with Gasteiger partial charge >= 0.3 is 5.97 Å². The number of aliphatic carboxylic acids is 1. The molecule has 0 saturated heterocycles. The van der Waals surface area contributed by atoms with E-state index in [0.29, 0.717) is 4.48 Å². The number of carboxylic acid groups (broad SMARTS) is 1. The van der Waals surface area contributed by atoms with E-state index in [0.717, 1.165) is 11.1 Å². The van der Waals surface area contributed by atoms with Gasteiger partial charge in [0.15, 0.2) is 0 Å². The van der Waals surface area contributed by atoms with Crippen molar-refractivity contribution in [3.63, 3.8) is 0 Å². The minimum absolute atomic E-state index is 0.112. The fraction of sp³-hybridized carbons (Fsp3) is 0.200. The molecule has 1 amide bonds. The third kappa shape index (κ3) is 4.37. The molecular formula is C20H20BrNO3. The van der Waals surface area contributed by atoms with Crippen LogP contribution in [0.4, 0.5) is 0 Å². The largest absolute Gasteiger partial charge is 0.480 e. The van der Waals surface area contributed by atoms with Crippen LogP contribution in [0.2, 0.25) is 0 Å². The molecule has 0 spiro atoms. The molecule has 0 fully saturated rings. The average molecular weight is 402 g/mol. The Kier molecular flexibility index (Phi) is 6.15. The first kappa shape index (κ1) is 18.9. The highest BCUT2D eigenvalue weighted by atomic mass is 79.9. The highest BCUT2D eigenvalue weighted by Gasteiger charge is 2.38. The molecular weight excluding hydrogens is 382 g/mol. The molecule has 130 valence electrons. The van der Waals surface area contributed by atoms with Crippen molar-refractivity contribution < 1.29 is 14.7 Å². The quantitative estimate of drug-likeness (QED) is 0.739. The molecule has 2 rings (SSSR count). The number of carbonyl (C=O) groups is 2. The molecule has 2 aromatic rings. The summed E-state index contributed by atoms with van der Waals surface area (Å²) in [6.45, 7) is 5.47. The summed E-state index contributed by atoms with van der Waals surface area (Å²) in [5.41, 5.74) is 0.574. The Bertz CT molecular complexity index is 720. The van der Waals surface area contributed by atoms with Crippen LogP contribution in [0.15, 0.2) is 71.7 Å². The summed E-state index contributed by atoms with van der Waals surface area (Å²) in [5.74, 6) is -1.47. The molecule has 5 heteroatoms. The summed E-state index contributed by atoms with van der Waals surface area (Å²) in [5, 5.41) is 12.1. The van der Waals surface area contributed by atoms with Gasteiger partial charge in [-0.15, -0.1) is 0 Å². The molecule has 2 aromatic carbocycles. The lowest BCUT2D eigenvalue weighted by Gasteiger charge is -2.31. The van der Waals surface area contributed by atoms with E-state index in [1.807, 2.05) is 60.7 Å². The van der Waals surface area contributed by atoms with Gasteiger partial charge in [0.05, 0.1) is 5.41 Å². The van der Waals surface area contributed by atoms with Gasteiger partial charge in [0, 0.05) is 6.42 Å². The Morgan fingerprint density at radius 1 is 1.08 bits per heavy atom. The number of halogens is 1. The van der Waals surface area contributed by atoms with Crippen LogP contribution in [0, 0.1) is 0 Å². The Morgan fingerprint density at radius 3 is 1.88 bits per heavy atom. The first-order valence-electron chi connectivity index (χ1n) is 7.83. The number of benzene rings is 2. The normalized spacial score (nSPS) is 12.2. The van der Waals surface area contributed by atoms with Gasteiger partial charge < -0.3 is 10.4 Å². The lowest BCUT2D eigenvalue weighted by atomic mass is 9.75. The molecule has 0 aliphatic heterocycles.